The predicted octanol–water partition coefficient (Wildman–Crippen LogP) is 4.06. The van der Waals surface area contributed by atoms with E-state index in [2.05, 4.69) is 64.3 Å². The molecule has 7 heteroatoms. The van der Waals surface area contributed by atoms with Gasteiger partial charge in [-0.2, -0.15) is 0 Å². The van der Waals surface area contributed by atoms with Gasteiger partial charge in [0.25, 0.3) is 0 Å². The van der Waals surface area contributed by atoms with Crippen LogP contribution >= 0.6 is 0 Å². The first-order valence-electron chi connectivity index (χ1n) is 13.2. The molecule has 7 nitrogen and oxygen atoms in total. The van der Waals surface area contributed by atoms with Crippen LogP contribution in [0, 0.1) is 19.8 Å². The second kappa shape index (κ2) is 10.4. The van der Waals surface area contributed by atoms with Crippen LogP contribution in [0.25, 0.3) is 11.2 Å². The maximum Gasteiger partial charge on any atom is 0.225 e. The molecule has 2 saturated heterocycles. The van der Waals surface area contributed by atoms with Crippen molar-refractivity contribution in [2.75, 3.05) is 31.5 Å². The van der Waals surface area contributed by atoms with Gasteiger partial charge < -0.3 is 20.1 Å². The summed E-state index contributed by atoms with van der Waals surface area (Å²) in [6, 6.07) is 11.3. The quantitative estimate of drug-likeness (QED) is 0.564. The Hall–Kier alpha value is -2.93. The van der Waals surface area contributed by atoms with Crippen LogP contribution in [-0.4, -0.2) is 57.6 Å². The van der Waals surface area contributed by atoms with Crippen LogP contribution < -0.4 is 10.6 Å². The Morgan fingerprint density at radius 2 is 1.77 bits per heavy atom. The maximum atomic E-state index is 12.8. The Morgan fingerprint density at radius 3 is 2.46 bits per heavy atom. The van der Waals surface area contributed by atoms with Crippen LogP contribution in [0.4, 0.5) is 5.69 Å². The van der Waals surface area contributed by atoms with Crippen molar-refractivity contribution in [3.8, 4) is 0 Å². The second-order valence-corrected chi connectivity index (χ2v) is 10.2. The number of pyridine rings is 1. The molecule has 0 bridgehead atoms. The zero-order valence-corrected chi connectivity index (χ0v) is 21.3. The Balaban J connectivity index is 1.19. The Kier molecular flexibility index (Phi) is 7.04. The molecule has 0 aliphatic carbocycles. The Bertz CT molecular complexity index is 1170. The highest BCUT2D eigenvalue weighted by atomic mass is 16.2. The van der Waals surface area contributed by atoms with E-state index >= 15 is 0 Å². The molecule has 2 N–H and O–H groups in total. The summed E-state index contributed by atoms with van der Waals surface area (Å²) in [6.45, 7) is 10.7. The first-order chi connectivity index (χ1) is 17.0. The smallest absolute Gasteiger partial charge is 0.225 e. The van der Waals surface area contributed by atoms with Crippen molar-refractivity contribution in [2.24, 2.45) is 5.92 Å². The molecule has 3 aromatic rings. The molecular formula is C28H38N6O. The molecule has 4 heterocycles. The fraction of sp³-hybridized carbons (Fsp3) is 0.536. The lowest BCUT2D eigenvalue weighted by Crippen LogP contribution is -2.46. The number of carbonyl (C=O) groups is 1. The van der Waals surface area contributed by atoms with Crippen molar-refractivity contribution in [1.82, 2.24) is 24.8 Å². The van der Waals surface area contributed by atoms with E-state index in [1.54, 1.807) is 0 Å². The number of rotatable bonds is 6. The molecule has 0 atom stereocenters. The lowest BCUT2D eigenvalue weighted by molar-refractivity contribution is -0.137. The molecule has 2 fully saturated rings. The number of fused-ring (bicyclic) bond motifs is 1. The summed E-state index contributed by atoms with van der Waals surface area (Å²) in [7, 11) is 0. The third-order valence-corrected chi connectivity index (χ3v) is 7.58. The topological polar surface area (TPSA) is 75.1 Å². The minimum Gasteiger partial charge on any atom is -0.382 e. The van der Waals surface area contributed by atoms with Gasteiger partial charge >= 0.3 is 0 Å². The fourth-order valence-electron chi connectivity index (χ4n) is 5.58. The van der Waals surface area contributed by atoms with E-state index < -0.39 is 0 Å². The number of hydrogen-bond acceptors (Lipinski definition) is 5. The molecule has 2 aromatic heterocycles. The number of imidazole rings is 1. The van der Waals surface area contributed by atoms with Crippen molar-refractivity contribution >= 4 is 22.8 Å². The van der Waals surface area contributed by atoms with E-state index in [9.17, 15) is 4.79 Å². The molecular weight excluding hydrogens is 436 g/mol. The number of piperidine rings is 2. The van der Waals surface area contributed by atoms with E-state index in [4.69, 9.17) is 9.97 Å². The minimum atomic E-state index is 0.220. The summed E-state index contributed by atoms with van der Waals surface area (Å²) in [5.41, 5.74) is 6.59. The van der Waals surface area contributed by atoms with Crippen molar-refractivity contribution < 1.29 is 4.79 Å². The number of aryl methyl sites for hydroxylation is 3. The van der Waals surface area contributed by atoms with E-state index in [1.807, 2.05) is 6.92 Å². The molecule has 186 valence electrons. The average Bonchev–Trinajstić information content (AvgIpc) is 3.23. The monoisotopic (exact) mass is 474 g/mol. The van der Waals surface area contributed by atoms with Gasteiger partial charge in [0.1, 0.15) is 11.3 Å². The van der Waals surface area contributed by atoms with Crippen LogP contribution in [0.15, 0.2) is 30.3 Å². The van der Waals surface area contributed by atoms with Gasteiger partial charge in [0.05, 0.1) is 6.54 Å². The number of nitrogens with zero attached hydrogens (tertiary/aromatic N) is 4. The predicted molar refractivity (Wildman–Crippen MR) is 141 cm³/mol. The molecule has 1 amide bonds. The summed E-state index contributed by atoms with van der Waals surface area (Å²) in [5, 5.41) is 7.05. The van der Waals surface area contributed by atoms with Crippen LogP contribution in [0.5, 0.6) is 0 Å². The molecule has 0 unspecified atom stereocenters. The summed E-state index contributed by atoms with van der Waals surface area (Å²) in [4.78, 5) is 24.6. The van der Waals surface area contributed by atoms with E-state index in [0.29, 0.717) is 11.9 Å². The van der Waals surface area contributed by atoms with E-state index in [1.165, 1.54) is 11.1 Å². The van der Waals surface area contributed by atoms with Gasteiger partial charge in [-0.15, -0.1) is 0 Å². The minimum absolute atomic E-state index is 0.220. The zero-order valence-electron chi connectivity index (χ0n) is 21.3. The standard InChI is InChI=1S/C28H38N6O/c1-4-25-32-26-19(2)17-20(3)30-27(26)34(25)18-21-5-7-23(8-6-21)31-24-11-15-33(16-12-24)28(35)22-9-13-29-14-10-22/h5-8,17,22,24,29,31H,4,9-16,18H2,1-3H3. The number of anilines is 1. The summed E-state index contributed by atoms with van der Waals surface area (Å²) in [5.74, 6) is 1.67. The van der Waals surface area contributed by atoms with Crippen LogP contribution in [0.1, 0.15) is 55.3 Å². The van der Waals surface area contributed by atoms with Gasteiger partial charge in [0, 0.05) is 42.9 Å². The van der Waals surface area contributed by atoms with Gasteiger partial charge in [-0.25, -0.2) is 9.97 Å². The first-order valence-corrected chi connectivity index (χ1v) is 13.2. The van der Waals surface area contributed by atoms with Crippen molar-refractivity contribution in [1.29, 1.82) is 0 Å². The van der Waals surface area contributed by atoms with Crippen LogP contribution in [-0.2, 0) is 17.8 Å². The first kappa shape index (κ1) is 23.8. The number of aromatic nitrogens is 3. The number of carbonyl (C=O) groups excluding carboxylic acids is 1. The largest absolute Gasteiger partial charge is 0.382 e. The number of hydrogen-bond donors (Lipinski definition) is 2. The van der Waals surface area contributed by atoms with Gasteiger partial charge in [0.2, 0.25) is 5.91 Å². The van der Waals surface area contributed by atoms with Crippen LogP contribution in [0.3, 0.4) is 0 Å². The number of nitrogens with one attached hydrogen (secondary N) is 2. The fourth-order valence-corrected chi connectivity index (χ4v) is 5.58. The maximum absolute atomic E-state index is 12.8. The molecule has 1 aromatic carbocycles. The van der Waals surface area contributed by atoms with Gasteiger partial charge in [-0.3, -0.25) is 4.79 Å². The summed E-state index contributed by atoms with van der Waals surface area (Å²) < 4.78 is 2.26. The van der Waals surface area contributed by atoms with Crippen molar-refractivity contribution in [2.45, 2.75) is 65.5 Å². The molecule has 5 rings (SSSR count). The summed E-state index contributed by atoms with van der Waals surface area (Å²) in [6.07, 6.45) is 4.85. The molecule has 0 radical (unpaired) electrons. The number of amides is 1. The molecule has 0 saturated carbocycles. The Labute approximate surface area is 208 Å². The normalized spacial score (nSPS) is 17.7. The lowest BCUT2D eigenvalue weighted by atomic mass is 9.95. The summed E-state index contributed by atoms with van der Waals surface area (Å²) >= 11 is 0. The average molecular weight is 475 g/mol. The number of benzene rings is 1. The molecule has 0 spiro atoms. The third-order valence-electron chi connectivity index (χ3n) is 7.58. The van der Waals surface area contributed by atoms with E-state index in [-0.39, 0.29) is 5.92 Å². The SMILES string of the molecule is CCc1nc2c(C)cc(C)nc2n1Cc1ccc(NC2CCN(C(=O)C3CCNCC3)CC2)cc1. The zero-order chi connectivity index (χ0) is 24.4. The van der Waals surface area contributed by atoms with Gasteiger partial charge in [-0.1, -0.05) is 19.1 Å². The molecule has 2 aliphatic rings. The highest BCUT2D eigenvalue weighted by Gasteiger charge is 2.29. The van der Waals surface area contributed by atoms with Crippen molar-refractivity contribution in [3.05, 3.63) is 53.0 Å². The van der Waals surface area contributed by atoms with Gasteiger partial charge in [-0.05, 0) is 81.9 Å². The Morgan fingerprint density at radius 1 is 1.06 bits per heavy atom. The van der Waals surface area contributed by atoms with Gasteiger partial charge in [0.15, 0.2) is 5.65 Å². The third kappa shape index (κ3) is 5.20. The second-order valence-electron chi connectivity index (χ2n) is 10.2. The van der Waals surface area contributed by atoms with Crippen molar-refractivity contribution in [3.63, 3.8) is 0 Å². The number of likely N-dealkylation sites (tertiary alicyclic amines) is 1. The molecule has 2 aliphatic heterocycles. The van der Waals surface area contributed by atoms with E-state index in [0.717, 1.165) is 93.2 Å². The molecule has 35 heavy (non-hydrogen) atoms. The highest BCUT2D eigenvalue weighted by Crippen LogP contribution is 2.23. The lowest BCUT2D eigenvalue weighted by Gasteiger charge is -2.36. The highest BCUT2D eigenvalue weighted by molar-refractivity contribution is 5.79. The van der Waals surface area contributed by atoms with Crippen LogP contribution in [0.2, 0.25) is 0 Å².